The minimum Gasteiger partial charge on any atom is -0.464 e. The van der Waals surface area contributed by atoms with Gasteiger partial charge in [-0.15, -0.1) is 0 Å². The minimum atomic E-state index is -0.999. The molecule has 138 valence electrons. The summed E-state index contributed by atoms with van der Waals surface area (Å²) in [5.74, 6) is -2.49. The maximum absolute atomic E-state index is 13.6. The SMILES string of the molecule is CCOC(=O)[C@H]1CC[C@@H](c2ccc(F)c(F)c2)N1C(=O)OC(C)(C)C. The van der Waals surface area contributed by atoms with Crippen molar-refractivity contribution in [1.82, 2.24) is 4.90 Å². The highest BCUT2D eigenvalue weighted by molar-refractivity contribution is 5.82. The van der Waals surface area contributed by atoms with Crippen LogP contribution in [-0.2, 0) is 14.3 Å². The molecule has 0 aliphatic carbocycles. The number of hydrogen-bond donors (Lipinski definition) is 0. The maximum atomic E-state index is 13.6. The van der Waals surface area contributed by atoms with E-state index in [-0.39, 0.29) is 6.61 Å². The lowest BCUT2D eigenvalue weighted by molar-refractivity contribution is -0.148. The monoisotopic (exact) mass is 355 g/mol. The lowest BCUT2D eigenvalue weighted by Gasteiger charge is -2.32. The van der Waals surface area contributed by atoms with Crippen LogP contribution in [0, 0.1) is 11.6 Å². The zero-order valence-electron chi connectivity index (χ0n) is 14.8. The minimum absolute atomic E-state index is 0.188. The van der Waals surface area contributed by atoms with Crippen molar-refractivity contribution in [2.45, 2.75) is 58.2 Å². The van der Waals surface area contributed by atoms with Crippen LogP contribution < -0.4 is 0 Å². The Morgan fingerprint density at radius 1 is 1.20 bits per heavy atom. The van der Waals surface area contributed by atoms with E-state index in [2.05, 4.69) is 0 Å². The smallest absolute Gasteiger partial charge is 0.411 e. The molecule has 0 radical (unpaired) electrons. The molecule has 2 atom stereocenters. The average Bonchev–Trinajstić information content (AvgIpc) is 2.93. The Hall–Kier alpha value is -2.18. The van der Waals surface area contributed by atoms with Crippen LogP contribution >= 0.6 is 0 Å². The molecule has 1 saturated heterocycles. The van der Waals surface area contributed by atoms with E-state index in [1.165, 1.54) is 11.0 Å². The highest BCUT2D eigenvalue weighted by Gasteiger charge is 2.44. The van der Waals surface area contributed by atoms with Crippen LogP contribution in [0.1, 0.15) is 52.1 Å². The fourth-order valence-electron chi connectivity index (χ4n) is 2.90. The number of amides is 1. The summed E-state index contributed by atoms with van der Waals surface area (Å²) in [5.41, 5.74) is -0.339. The van der Waals surface area contributed by atoms with Crippen molar-refractivity contribution in [3.05, 3.63) is 35.4 Å². The van der Waals surface area contributed by atoms with Crippen molar-refractivity contribution in [2.75, 3.05) is 6.61 Å². The van der Waals surface area contributed by atoms with E-state index in [1.807, 2.05) is 0 Å². The molecule has 1 fully saturated rings. The van der Waals surface area contributed by atoms with E-state index in [0.29, 0.717) is 18.4 Å². The normalized spacial score (nSPS) is 20.5. The number of halogens is 2. The van der Waals surface area contributed by atoms with E-state index in [4.69, 9.17) is 9.47 Å². The molecule has 0 unspecified atom stereocenters. The summed E-state index contributed by atoms with van der Waals surface area (Å²) >= 11 is 0. The van der Waals surface area contributed by atoms with Gasteiger partial charge in [0.25, 0.3) is 0 Å². The number of benzene rings is 1. The summed E-state index contributed by atoms with van der Waals surface area (Å²) < 4.78 is 37.3. The lowest BCUT2D eigenvalue weighted by atomic mass is 10.0. The van der Waals surface area contributed by atoms with Crippen LogP contribution in [0.3, 0.4) is 0 Å². The van der Waals surface area contributed by atoms with Gasteiger partial charge in [0.1, 0.15) is 11.6 Å². The van der Waals surface area contributed by atoms with Gasteiger partial charge in [-0.3, -0.25) is 4.90 Å². The van der Waals surface area contributed by atoms with Crippen molar-refractivity contribution >= 4 is 12.1 Å². The third-order valence-corrected chi connectivity index (χ3v) is 3.88. The molecule has 0 aromatic heterocycles. The van der Waals surface area contributed by atoms with Crippen molar-refractivity contribution < 1.29 is 27.8 Å². The van der Waals surface area contributed by atoms with E-state index >= 15 is 0 Å². The first-order valence-electron chi connectivity index (χ1n) is 8.27. The number of esters is 1. The average molecular weight is 355 g/mol. The molecule has 0 spiro atoms. The van der Waals surface area contributed by atoms with Crippen LogP contribution in [0.2, 0.25) is 0 Å². The molecule has 1 aromatic rings. The first-order chi connectivity index (χ1) is 11.6. The highest BCUT2D eigenvalue weighted by atomic mass is 19.2. The van der Waals surface area contributed by atoms with Gasteiger partial charge in [0.05, 0.1) is 12.6 Å². The molecular formula is C18H23F2NO4. The lowest BCUT2D eigenvalue weighted by Crippen LogP contribution is -2.45. The molecule has 0 saturated carbocycles. The molecule has 5 nitrogen and oxygen atoms in total. The predicted molar refractivity (Wildman–Crippen MR) is 86.8 cm³/mol. The number of ether oxygens (including phenoxy) is 2. The highest BCUT2D eigenvalue weighted by Crippen LogP contribution is 2.38. The Bertz CT molecular complexity index is 657. The van der Waals surface area contributed by atoms with Gasteiger partial charge in [0, 0.05) is 0 Å². The molecule has 2 rings (SSSR count). The summed E-state index contributed by atoms with van der Waals surface area (Å²) in [6, 6.07) is 2.07. The maximum Gasteiger partial charge on any atom is 0.411 e. The zero-order chi connectivity index (χ0) is 18.8. The third kappa shape index (κ3) is 4.46. The largest absolute Gasteiger partial charge is 0.464 e. The number of carbonyl (C=O) groups is 2. The molecule has 0 N–H and O–H groups in total. The fraction of sp³-hybridized carbons (Fsp3) is 0.556. The van der Waals surface area contributed by atoms with Crippen molar-refractivity contribution in [3.8, 4) is 0 Å². The zero-order valence-corrected chi connectivity index (χ0v) is 14.8. The van der Waals surface area contributed by atoms with Gasteiger partial charge in [-0.2, -0.15) is 0 Å². The van der Waals surface area contributed by atoms with Crippen molar-refractivity contribution in [1.29, 1.82) is 0 Å². The molecule has 0 bridgehead atoms. The van der Waals surface area contributed by atoms with Gasteiger partial charge in [0.15, 0.2) is 11.6 Å². The second kappa shape index (κ2) is 7.37. The molecule has 7 heteroatoms. The Morgan fingerprint density at radius 2 is 1.88 bits per heavy atom. The summed E-state index contributed by atoms with van der Waals surface area (Å²) in [7, 11) is 0. The second-order valence-electron chi connectivity index (χ2n) is 6.92. The third-order valence-electron chi connectivity index (χ3n) is 3.88. The molecular weight excluding hydrogens is 332 g/mol. The standard InChI is InChI=1S/C18H23F2NO4/c1-5-24-16(22)15-9-8-14(11-6-7-12(19)13(20)10-11)21(15)17(23)25-18(2,3)4/h6-7,10,14-15H,5,8-9H2,1-4H3/t14-,15+/m0/s1. The van der Waals surface area contributed by atoms with Gasteiger partial charge in [-0.05, 0) is 58.2 Å². The van der Waals surface area contributed by atoms with Gasteiger partial charge in [-0.1, -0.05) is 6.07 Å². The van der Waals surface area contributed by atoms with E-state index < -0.39 is 41.4 Å². The summed E-state index contributed by atoms with van der Waals surface area (Å²) in [5, 5.41) is 0. The van der Waals surface area contributed by atoms with Crippen LogP contribution in [0.5, 0.6) is 0 Å². The Labute approximate surface area is 145 Å². The summed E-state index contributed by atoms with van der Waals surface area (Å²) in [4.78, 5) is 26.1. The molecule has 1 heterocycles. The number of carbonyl (C=O) groups excluding carboxylic acids is 2. The predicted octanol–water partition coefficient (Wildman–Crippen LogP) is 3.97. The second-order valence-corrected chi connectivity index (χ2v) is 6.92. The Balaban J connectivity index is 2.35. The van der Waals surface area contributed by atoms with Crippen molar-refractivity contribution in [2.24, 2.45) is 0 Å². The van der Waals surface area contributed by atoms with Gasteiger partial charge >= 0.3 is 12.1 Å². The number of rotatable bonds is 3. The van der Waals surface area contributed by atoms with Gasteiger partial charge in [-0.25, -0.2) is 18.4 Å². The Morgan fingerprint density at radius 3 is 2.44 bits per heavy atom. The van der Waals surface area contributed by atoms with E-state index in [0.717, 1.165) is 12.1 Å². The van der Waals surface area contributed by atoms with Crippen LogP contribution in [0.15, 0.2) is 18.2 Å². The summed E-state index contributed by atoms with van der Waals surface area (Å²) in [6.45, 7) is 7.01. The molecule has 1 aliphatic rings. The quantitative estimate of drug-likeness (QED) is 0.770. The summed E-state index contributed by atoms with van der Waals surface area (Å²) in [6.07, 6.45) is 0.105. The molecule has 1 amide bonds. The van der Waals surface area contributed by atoms with Crippen molar-refractivity contribution in [3.63, 3.8) is 0 Å². The molecule has 1 aromatic carbocycles. The first-order valence-corrected chi connectivity index (χ1v) is 8.27. The van der Waals surface area contributed by atoms with E-state index in [1.54, 1.807) is 27.7 Å². The number of nitrogens with zero attached hydrogens (tertiary/aromatic N) is 1. The van der Waals surface area contributed by atoms with Crippen LogP contribution in [0.25, 0.3) is 0 Å². The van der Waals surface area contributed by atoms with Gasteiger partial charge in [0.2, 0.25) is 0 Å². The van der Waals surface area contributed by atoms with Crippen LogP contribution in [-0.4, -0.2) is 35.2 Å². The van der Waals surface area contributed by atoms with E-state index in [9.17, 15) is 18.4 Å². The number of likely N-dealkylation sites (tertiary alicyclic amines) is 1. The first kappa shape index (κ1) is 19.1. The van der Waals surface area contributed by atoms with Crippen LogP contribution in [0.4, 0.5) is 13.6 Å². The van der Waals surface area contributed by atoms with Gasteiger partial charge < -0.3 is 9.47 Å². The molecule has 1 aliphatic heterocycles. The number of hydrogen-bond acceptors (Lipinski definition) is 4. The fourth-order valence-corrected chi connectivity index (χ4v) is 2.90. The molecule has 25 heavy (non-hydrogen) atoms. The topological polar surface area (TPSA) is 55.8 Å². The Kier molecular flexibility index (Phi) is 5.65.